The number of hydrogen-bond acceptors (Lipinski definition) is 9. The maximum atomic E-state index is 13.3. The van der Waals surface area contributed by atoms with Gasteiger partial charge in [-0.05, 0) is 59.4 Å². The fourth-order valence-corrected chi connectivity index (χ4v) is 7.30. The molecule has 1 unspecified atom stereocenters. The van der Waals surface area contributed by atoms with Crippen molar-refractivity contribution in [3.05, 3.63) is 136 Å². The molecule has 4 aromatic carbocycles. The topological polar surface area (TPSA) is 138 Å². The molecule has 11 nitrogen and oxygen atoms in total. The standard InChI is InChI=1S/C41H42ClN3O8/c42-32-14-12-31(13-15-32)41(50)18-20-44(21-19-41)24-34-22-36(29-8-6-27(25-46)7-9-29)53-39(52-34)30-10-16-33(17-11-30)45-37(47)23-35(38(45)48)43-40(49)51-26-28-4-2-1-3-5-28/h1-17,34-36,39,46,50H,18-26H2,(H,43,49)/t34-,35?,36+,39+/m0/s1. The van der Waals surface area contributed by atoms with E-state index in [1.54, 1.807) is 36.4 Å². The highest BCUT2D eigenvalue weighted by Gasteiger charge is 2.41. The molecule has 3 N–H and O–H groups in total. The van der Waals surface area contributed by atoms with E-state index in [0.29, 0.717) is 55.2 Å². The molecule has 0 aromatic heterocycles. The number of ether oxygens (including phenoxy) is 3. The first-order valence-electron chi connectivity index (χ1n) is 17.8. The van der Waals surface area contributed by atoms with Crippen LogP contribution < -0.4 is 10.2 Å². The SMILES string of the molecule is O=C(NC1CC(=O)N(c2ccc([C@@H]3O[C@H](CN4CCC(O)(c5ccc(Cl)cc5)CC4)C[C@H](c4ccc(CO)cc4)O3)cc2)C1=O)OCc1ccccc1. The molecule has 53 heavy (non-hydrogen) atoms. The fraction of sp³-hybridized carbons (Fsp3) is 0.341. The lowest BCUT2D eigenvalue weighted by Gasteiger charge is -2.42. The Kier molecular flexibility index (Phi) is 11.2. The Morgan fingerprint density at radius 1 is 0.868 bits per heavy atom. The van der Waals surface area contributed by atoms with Crippen molar-refractivity contribution in [2.75, 3.05) is 24.5 Å². The first-order chi connectivity index (χ1) is 25.7. The van der Waals surface area contributed by atoms with Crippen molar-refractivity contribution < 1.29 is 38.8 Å². The number of alkyl carbamates (subject to hydrolysis) is 1. The summed E-state index contributed by atoms with van der Waals surface area (Å²) >= 11 is 6.08. The van der Waals surface area contributed by atoms with Gasteiger partial charge in [-0.25, -0.2) is 9.69 Å². The molecule has 3 saturated heterocycles. The number of amides is 3. The Bertz CT molecular complexity index is 1880. The second-order valence-corrected chi connectivity index (χ2v) is 14.2. The molecule has 0 spiro atoms. The van der Waals surface area contributed by atoms with Gasteiger partial charge >= 0.3 is 6.09 Å². The number of rotatable bonds is 10. The van der Waals surface area contributed by atoms with E-state index >= 15 is 0 Å². The molecular weight excluding hydrogens is 698 g/mol. The van der Waals surface area contributed by atoms with Crippen LogP contribution in [0.1, 0.15) is 65.9 Å². The zero-order valence-corrected chi connectivity index (χ0v) is 29.9. The number of aliphatic hydroxyl groups excluding tert-OH is 1. The van der Waals surface area contributed by atoms with E-state index < -0.39 is 35.8 Å². The molecule has 0 saturated carbocycles. The number of piperidine rings is 1. The number of nitrogens with one attached hydrogen (secondary N) is 1. The first-order valence-corrected chi connectivity index (χ1v) is 18.2. The van der Waals surface area contributed by atoms with E-state index in [1.807, 2.05) is 66.7 Å². The lowest BCUT2D eigenvalue weighted by atomic mass is 9.84. The molecule has 0 radical (unpaired) electrons. The van der Waals surface area contributed by atoms with Crippen molar-refractivity contribution in [3.63, 3.8) is 0 Å². The van der Waals surface area contributed by atoms with Gasteiger partial charge in [0, 0.05) is 36.6 Å². The number of carbonyl (C=O) groups is 3. The van der Waals surface area contributed by atoms with Gasteiger partial charge in [0.25, 0.3) is 5.91 Å². The maximum absolute atomic E-state index is 13.3. The molecule has 3 amide bonds. The van der Waals surface area contributed by atoms with Crippen LogP contribution in [-0.4, -0.2) is 64.8 Å². The predicted octanol–water partition coefficient (Wildman–Crippen LogP) is 5.92. The minimum atomic E-state index is -1.04. The highest BCUT2D eigenvalue weighted by Crippen LogP contribution is 2.40. The second kappa shape index (κ2) is 16.2. The van der Waals surface area contributed by atoms with E-state index in [0.717, 1.165) is 27.2 Å². The van der Waals surface area contributed by atoms with Gasteiger partial charge in [0.1, 0.15) is 12.6 Å². The van der Waals surface area contributed by atoms with Crippen LogP contribution in [0.15, 0.2) is 103 Å². The normalized spacial score (nSPS) is 23.2. The Balaban J connectivity index is 1.01. The zero-order chi connectivity index (χ0) is 37.0. The zero-order valence-electron chi connectivity index (χ0n) is 29.1. The Morgan fingerprint density at radius 3 is 2.23 bits per heavy atom. The van der Waals surface area contributed by atoms with E-state index in [9.17, 15) is 24.6 Å². The summed E-state index contributed by atoms with van der Waals surface area (Å²) in [6.45, 7) is 2.00. The Hall–Kier alpha value is -4.62. The highest BCUT2D eigenvalue weighted by atomic mass is 35.5. The van der Waals surface area contributed by atoms with E-state index in [1.165, 1.54) is 0 Å². The molecule has 0 bridgehead atoms. The molecule has 276 valence electrons. The predicted molar refractivity (Wildman–Crippen MR) is 197 cm³/mol. The van der Waals surface area contributed by atoms with Crippen LogP contribution in [0, 0.1) is 0 Å². The number of halogens is 1. The highest BCUT2D eigenvalue weighted by molar-refractivity contribution is 6.30. The summed E-state index contributed by atoms with van der Waals surface area (Å²) in [6, 6.07) is 30.1. The summed E-state index contributed by atoms with van der Waals surface area (Å²) < 4.78 is 18.3. The van der Waals surface area contributed by atoms with Crippen molar-refractivity contribution in [2.45, 2.75) is 69.0 Å². The van der Waals surface area contributed by atoms with Crippen LogP contribution >= 0.6 is 11.6 Å². The van der Waals surface area contributed by atoms with Crippen molar-refractivity contribution in [3.8, 4) is 0 Å². The largest absolute Gasteiger partial charge is 0.445 e. The van der Waals surface area contributed by atoms with E-state index in [4.69, 9.17) is 25.8 Å². The Morgan fingerprint density at radius 2 is 1.55 bits per heavy atom. The number of anilines is 1. The molecule has 12 heteroatoms. The van der Waals surface area contributed by atoms with Crippen molar-refractivity contribution in [2.24, 2.45) is 0 Å². The van der Waals surface area contributed by atoms with Crippen LogP contribution in [0.25, 0.3) is 0 Å². The second-order valence-electron chi connectivity index (χ2n) is 13.8. The monoisotopic (exact) mass is 739 g/mol. The van der Waals surface area contributed by atoms with Gasteiger partial charge in [0.2, 0.25) is 5.91 Å². The van der Waals surface area contributed by atoms with Crippen LogP contribution in [0.3, 0.4) is 0 Å². The summed E-state index contributed by atoms with van der Waals surface area (Å²) in [5.74, 6) is -0.974. The van der Waals surface area contributed by atoms with Crippen molar-refractivity contribution in [1.29, 1.82) is 0 Å². The molecule has 7 rings (SSSR count). The number of hydrogen-bond donors (Lipinski definition) is 3. The van der Waals surface area contributed by atoms with Crippen LogP contribution in [0.5, 0.6) is 0 Å². The molecule has 4 aromatic rings. The van der Waals surface area contributed by atoms with Gasteiger partial charge in [0.15, 0.2) is 6.29 Å². The van der Waals surface area contributed by atoms with E-state index in [2.05, 4.69) is 10.2 Å². The number of benzene rings is 4. The number of nitrogens with zero attached hydrogens (tertiary/aromatic N) is 2. The van der Waals surface area contributed by atoms with Crippen LogP contribution in [0.4, 0.5) is 10.5 Å². The number of likely N-dealkylation sites (tertiary alicyclic amines) is 1. The molecule has 4 atom stereocenters. The van der Waals surface area contributed by atoms with E-state index in [-0.39, 0.29) is 31.8 Å². The quantitative estimate of drug-likeness (QED) is 0.169. The lowest BCUT2D eigenvalue weighted by Crippen LogP contribution is -2.46. The molecule has 3 aliphatic heterocycles. The minimum Gasteiger partial charge on any atom is -0.445 e. The number of imide groups is 1. The van der Waals surface area contributed by atoms with Gasteiger partial charge in [-0.2, -0.15) is 0 Å². The van der Waals surface area contributed by atoms with Gasteiger partial charge < -0.3 is 34.6 Å². The molecule has 0 aliphatic carbocycles. The van der Waals surface area contributed by atoms with Gasteiger partial charge in [-0.15, -0.1) is 0 Å². The summed E-state index contributed by atoms with van der Waals surface area (Å²) in [6.07, 6.45) is -0.431. The smallest absolute Gasteiger partial charge is 0.408 e. The van der Waals surface area contributed by atoms with Crippen LogP contribution in [-0.2, 0) is 42.6 Å². The third-order valence-electron chi connectivity index (χ3n) is 10.2. The fourth-order valence-electron chi connectivity index (χ4n) is 7.18. The minimum absolute atomic E-state index is 0.0411. The summed E-state index contributed by atoms with van der Waals surface area (Å²) in [5.41, 5.74) is 3.60. The third kappa shape index (κ3) is 8.62. The van der Waals surface area contributed by atoms with Gasteiger partial charge in [-0.1, -0.05) is 90.5 Å². The van der Waals surface area contributed by atoms with Gasteiger partial charge in [0.05, 0.1) is 36.5 Å². The average Bonchev–Trinajstić information content (AvgIpc) is 3.46. The lowest BCUT2D eigenvalue weighted by molar-refractivity contribution is -0.253. The third-order valence-corrected chi connectivity index (χ3v) is 10.5. The molecule has 3 aliphatic rings. The summed E-state index contributed by atoms with van der Waals surface area (Å²) in [5, 5.41) is 24.2. The number of aliphatic hydroxyl groups is 2. The molecule has 3 fully saturated rings. The Labute approximate surface area is 313 Å². The van der Waals surface area contributed by atoms with Crippen molar-refractivity contribution >= 4 is 35.2 Å². The average molecular weight is 740 g/mol. The maximum Gasteiger partial charge on any atom is 0.408 e. The molecule has 3 heterocycles. The summed E-state index contributed by atoms with van der Waals surface area (Å²) in [4.78, 5) is 42.1. The van der Waals surface area contributed by atoms with Gasteiger partial charge in [-0.3, -0.25) is 9.59 Å². The summed E-state index contributed by atoms with van der Waals surface area (Å²) in [7, 11) is 0. The van der Waals surface area contributed by atoms with Crippen LogP contribution in [0.2, 0.25) is 5.02 Å². The first kappa shape index (κ1) is 36.7. The van der Waals surface area contributed by atoms with Crippen molar-refractivity contribution in [1.82, 2.24) is 10.2 Å². The number of carbonyl (C=O) groups excluding carboxylic acids is 3. The molecular formula is C41H42ClN3O8.